The van der Waals surface area contributed by atoms with Gasteiger partial charge in [-0.3, -0.25) is 0 Å². The number of aromatic nitrogens is 1. The fraction of sp³-hybridized carbons (Fsp3) is 0.294. The van der Waals surface area contributed by atoms with Crippen LogP contribution in [0.4, 0.5) is 5.69 Å². The molecule has 7 heteroatoms. The summed E-state index contributed by atoms with van der Waals surface area (Å²) in [5.74, 6) is 0.580. The van der Waals surface area contributed by atoms with Crippen molar-refractivity contribution < 1.29 is 19.4 Å². The first-order valence-electron chi connectivity index (χ1n) is 7.51. The molecule has 1 aromatic carbocycles. The average Bonchev–Trinajstić information content (AvgIpc) is 2.60. The van der Waals surface area contributed by atoms with E-state index in [1.807, 2.05) is 6.07 Å². The maximum absolute atomic E-state index is 11.7. The van der Waals surface area contributed by atoms with Crippen LogP contribution in [0.3, 0.4) is 0 Å². The number of anilines is 1. The molecule has 1 heterocycles. The van der Waals surface area contributed by atoms with Crippen molar-refractivity contribution in [2.45, 2.75) is 13.0 Å². The van der Waals surface area contributed by atoms with E-state index in [4.69, 9.17) is 21.1 Å². The van der Waals surface area contributed by atoms with Gasteiger partial charge < -0.3 is 19.9 Å². The molecule has 128 valence electrons. The van der Waals surface area contributed by atoms with Gasteiger partial charge >= 0.3 is 5.97 Å². The quantitative estimate of drug-likeness (QED) is 0.562. The number of carbonyl (C=O) groups is 1. The van der Waals surface area contributed by atoms with Crippen molar-refractivity contribution in [3.05, 3.63) is 48.2 Å². The van der Waals surface area contributed by atoms with Gasteiger partial charge in [0.15, 0.2) is 0 Å². The zero-order valence-corrected chi connectivity index (χ0v) is 14.0. The van der Waals surface area contributed by atoms with Crippen LogP contribution < -0.4 is 10.1 Å². The highest BCUT2D eigenvalue weighted by Crippen LogP contribution is 2.23. The van der Waals surface area contributed by atoms with Gasteiger partial charge in [-0.05, 0) is 25.1 Å². The Hall–Kier alpha value is -2.31. The molecule has 1 unspecified atom stereocenters. The summed E-state index contributed by atoms with van der Waals surface area (Å²) in [6.07, 6.45) is 0.861. The fourth-order valence-electron chi connectivity index (χ4n) is 1.89. The van der Waals surface area contributed by atoms with Gasteiger partial charge in [-0.15, -0.1) is 11.6 Å². The van der Waals surface area contributed by atoms with Gasteiger partial charge in [0.05, 0.1) is 24.2 Å². The van der Waals surface area contributed by atoms with Crippen LogP contribution in [0.25, 0.3) is 0 Å². The van der Waals surface area contributed by atoms with Crippen LogP contribution in [0.15, 0.2) is 42.6 Å². The Morgan fingerprint density at radius 1 is 1.38 bits per heavy atom. The lowest BCUT2D eigenvalue weighted by Crippen LogP contribution is -2.20. The number of aliphatic hydroxyl groups is 1. The van der Waals surface area contributed by atoms with Gasteiger partial charge in [-0.1, -0.05) is 6.07 Å². The standard InChI is InChI=1S/C17H19ClN2O4/c1-2-23-17(22)12-6-7-19-16(8-12)24-15-5-3-4-13(9-15)20-11-14(21)10-18/h3-9,14,20-21H,2,10-11H2,1H3. The largest absolute Gasteiger partial charge is 0.462 e. The summed E-state index contributed by atoms with van der Waals surface area (Å²) in [6.45, 7) is 2.39. The second-order valence-corrected chi connectivity index (χ2v) is 5.23. The number of halogens is 1. The highest BCUT2D eigenvalue weighted by Gasteiger charge is 2.09. The zero-order valence-electron chi connectivity index (χ0n) is 13.2. The molecule has 0 spiro atoms. The minimum Gasteiger partial charge on any atom is -0.462 e. The van der Waals surface area contributed by atoms with Crippen LogP contribution in [0, 0.1) is 0 Å². The van der Waals surface area contributed by atoms with Crippen molar-refractivity contribution >= 4 is 23.3 Å². The Kier molecular flexibility index (Phi) is 6.84. The molecule has 0 radical (unpaired) electrons. The second kappa shape index (κ2) is 9.10. The third-order valence-electron chi connectivity index (χ3n) is 3.02. The van der Waals surface area contributed by atoms with Crippen molar-refractivity contribution in [3.63, 3.8) is 0 Å². The molecule has 0 fully saturated rings. The van der Waals surface area contributed by atoms with Crippen LogP contribution in [0.1, 0.15) is 17.3 Å². The van der Waals surface area contributed by atoms with Gasteiger partial charge in [0.2, 0.25) is 5.88 Å². The van der Waals surface area contributed by atoms with Crippen molar-refractivity contribution in [2.24, 2.45) is 0 Å². The monoisotopic (exact) mass is 350 g/mol. The lowest BCUT2D eigenvalue weighted by Gasteiger charge is -2.11. The summed E-state index contributed by atoms with van der Waals surface area (Å²) >= 11 is 5.56. The van der Waals surface area contributed by atoms with Crippen molar-refractivity contribution in [1.29, 1.82) is 0 Å². The number of aliphatic hydroxyl groups excluding tert-OH is 1. The van der Waals surface area contributed by atoms with Gasteiger partial charge in [0.1, 0.15) is 5.75 Å². The Morgan fingerprint density at radius 3 is 2.96 bits per heavy atom. The highest BCUT2D eigenvalue weighted by atomic mass is 35.5. The van der Waals surface area contributed by atoms with E-state index in [1.165, 1.54) is 12.3 Å². The molecule has 2 rings (SSSR count). The van der Waals surface area contributed by atoms with Crippen molar-refractivity contribution in [3.8, 4) is 11.6 Å². The molecule has 2 N–H and O–H groups in total. The molecule has 0 aliphatic heterocycles. The molecule has 2 aromatic rings. The summed E-state index contributed by atoms with van der Waals surface area (Å²) in [5.41, 5.74) is 1.15. The number of ether oxygens (including phenoxy) is 2. The molecule has 0 saturated heterocycles. The topological polar surface area (TPSA) is 80.7 Å². The minimum atomic E-state index is -0.626. The van der Waals surface area contributed by atoms with Crippen LogP contribution in [-0.2, 0) is 4.74 Å². The first-order valence-corrected chi connectivity index (χ1v) is 8.04. The van der Waals surface area contributed by atoms with Crippen LogP contribution in [-0.4, -0.2) is 41.2 Å². The smallest absolute Gasteiger partial charge is 0.338 e. The summed E-state index contributed by atoms with van der Waals surface area (Å²) in [5, 5.41) is 12.5. The maximum Gasteiger partial charge on any atom is 0.338 e. The third-order valence-corrected chi connectivity index (χ3v) is 3.38. The number of nitrogens with zero attached hydrogens (tertiary/aromatic N) is 1. The number of pyridine rings is 1. The van der Waals surface area contributed by atoms with Gasteiger partial charge in [0.25, 0.3) is 0 Å². The van der Waals surface area contributed by atoms with Crippen LogP contribution in [0.2, 0.25) is 0 Å². The predicted molar refractivity (Wildman–Crippen MR) is 91.9 cm³/mol. The summed E-state index contributed by atoms with van der Waals surface area (Å²) in [4.78, 5) is 15.8. The fourth-order valence-corrected chi connectivity index (χ4v) is 2.00. The molecule has 0 bridgehead atoms. The van der Waals surface area contributed by atoms with E-state index < -0.39 is 12.1 Å². The maximum atomic E-state index is 11.7. The van der Waals surface area contributed by atoms with Crippen LogP contribution >= 0.6 is 11.6 Å². The van der Waals surface area contributed by atoms with Crippen LogP contribution in [0.5, 0.6) is 11.6 Å². The number of benzene rings is 1. The van der Waals surface area contributed by atoms with E-state index in [1.54, 1.807) is 31.2 Å². The van der Waals surface area contributed by atoms with E-state index in [-0.39, 0.29) is 5.88 Å². The summed E-state index contributed by atoms with van der Waals surface area (Å²) in [7, 11) is 0. The number of rotatable bonds is 8. The Labute approximate surface area is 145 Å². The first-order chi connectivity index (χ1) is 11.6. The molecular weight excluding hydrogens is 332 g/mol. The second-order valence-electron chi connectivity index (χ2n) is 4.92. The zero-order chi connectivity index (χ0) is 17.4. The first kappa shape index (κ1) is 18.0. The van der Waals surface area contributed by atoms with E-state index in [0.29, 0.717) is 30.3 Å². The average molecular weight is 351 g/mol. The number of esters is 1. The molecule has 24 heavy (non-hydrogen) atoms. The number of alkyl halides is 1. The molecule has 6 nitrogen and oxygen atoms in total. The molecule has 0 aliphatic carbocycles. The molecule has 0 amide bonds. The highest BCUT2D eigenvalue weighted by molar-refractivity contribution is 6.18. The lowest BCUT2D eigenvalue weighted by molar-refractivity contribution is 0.0526. The summed E-state index contributed by atoms with van der Waals surface area (Å²) in [6, 6.07) is 10.3. The number of hydrogen-bond acceptors (Lipinski definition) is 6. The van der Waals surface area contributed by atoms with E-state index in [2.05, 4.69) is 10.3 Å². The SMILES string of the molecule is CCOC(=O)c1ccnc(Oc2cccc(NCC(O)CCl)c2)c1. The predicted octanol–water partition coefficient (Wildman–Crippen LogP) is 3.06. The van der Waals surface area contributed by atoms with Crippen molar-refractivity contribution in [1.82, 2.24) is 4.98 Å². The van der Waals surface area contributed by atoms with E-state index >= 15 is 0 Å². The molecule has 0 aliphatic rings. The van der Waals surface area contributed by atoms with E-state index in [9.17, 15) is 9.90 Å². The Morgan fingerprint density at radius 2 is 2.21 bits per heavy atom. The normalized spacial score (nSPS) is 11.6. The van der Waals surface area contributed by atoms with Gasteiger partial charge in [-0.25, -0.2) is 9.78 Å². The molecule has 1 aromatic heterocycles. The number of nitrogens with one attached hydrogen (secondary N) is 1. The van der Waals surface area contributed by atoms with Gasteiger partial charge in [-0.2, -0.15) is 0 Å². The molecule has 0 saturated carbocycles. The third kappa shape index (κ3) is 5.40. The van der Waals surface area contributed by atoms with E-state index in [0.717, 1.165) is 5.69 Å². The molecular formula is C17H19ClN2O4. The Balaban J connectivity index is 2.05. The summed E-state index contributed by atoms with van der Waals surface area (Å²) < 4.78 is 10.6. The van der Waals surface area contributed by atoms with Gasteiger partial charge in [0, 0.05) is 30.6 Å². The molecule has 1 atom stereocenters. The lowest BCUT2D eigenvalue weighted by atomic mass is 10.2. The van der Waals surface area contributed by atoms with Crippen molar-refractivity contribution in [2.75, 3.05) is 24.3 Å². The Bertz CT molecular complexity index is 681. The number of carbonyl (C=O) groups excluding carboxylic acids is 1. The number of hydrogen-bond donors (Lipinski definition) is 2. The minimum absolute atomic E-state index is 0.160.